The van der Waals surface area contributed by atoms with Crippen LogP contribution in [0.1, 0.15) is 5.56 Å². The van der Waals surface area contributed by atoms with E-state index in [2.05, 4.69) is 15.9 Å². The molecular formula is C7H9BrN2O2S. The molecule has 4 nitrogen and oxygen atoms in total. The van der Waals surface area contributed by atoms with E-state index in [1.54, 1.807) is 17.0 Å². The third-order valence-electron chi connectivity index (χ3n) is 1.53. The van der Waals surface area contributed by atoms with Gasteiger partial charge in [-0.25, -0.2) is 8.42 Å². The molecule has 6 heteroatoms. The Morgan fingerprint density at radius 3 is 2.54 bits per heavy atom. The summed E-state index contributed by atoms with van der Waals surface area (Å²) < 4.78 is 23.0. The topological polar surface area (TPSA) is 72.2 Å². The SMILES string of the molecule is Cc1ccc(S(=O)(=O)NN)c(Br)c1. The van der Waals surface area contributed by atoms with Crippen molar-refractivity contribution in [3.63, 3.8) is 0 Å². The van der Waals surface area contributed by atoms with Crippen LogP contribution in [0.4, 0.5) is 0 Å². The molecular weight excluding hydrogens is 256 g/mol. The lowest BCUT2D eigenvalue weighted by atomic mass is 10.2. The predicted molar refractivity (Wildman–Crippen MR) is 53.4 cm³/mol. The summed E-state index contributed by atoms with van der Waals surface area (Å²) in [5.41, 5.74) is 0.975. The van der Waals surface area contributed by atoms with Crippen LogP contribution >= 0.6 is 15.9 Å². The summed E-state index contributed by atoms with van der Waals surface area (Å²) in [6, 6.07) is 4.91. The molecule has 0 fully saturated rings. The summed E-state index contributed by atoms with van der Waals surface area (Å²) >= 11 is 3.15. The quantitative estimate of drug-likeness (QED) is 0.616. The molecule has 0 aliphatic carbocycles. The molecule has 0 amide bonds. The van der Waals surface area contributed by atoms with Gasteiger partial charge in [-0.15, -0.1) is 0 Å². The molecule has 0 atom stereocenters. The minimum Gasteiger partial charge on any atom is -0.257 e. The Kier molecular flexibility index (Phi) is 3.07. The zero-order chi connectivity index (χ0) is 10.1. The Labute approximate surface area is 85.3 Å². The maximum absolute atomic E-state index is 11.3. The Balaban J connectivity index is 3.33. The van der Waals surface area contributed by atoms with E-state index in [0.29, 0.717) is 4.47 Å². The van der Waals surface area contributed by atoms with Crippen LogP contribution in [0.2, 0.25) is 0 Å². The fraction of sp³-hybridized carbons (Fsp3) is 0.143. The highest BCUT2D eigenvalue weighted by Crippen LogP contribution is 2.22. The van der Waals surface area contributed by atoms with Crippen LogP contribution in [0, 0.1) is 6.92 Å². The number of benzene rings is 1. The van der Waals surface area contributed by atoms with Crippen molar-refractivity contribution in [3.8, 4) is 0 Å². The lowest BCUT2D eigenvalue weighted by Crippen LogP contribution is -2.30. The smallest absolute Gasteiger partial charge is 0.254 e. The number of hydrogen-bond donors (Lipinski definition) is 2. The fourth-order valence-electron chi connectivity index (χ4n) is 0.887. The standard InChI is InChI=1S/C7H9BrN2O2S/c1-5-2-3-7(6(8)4-5)13(11,12)10-9/h2-4,10H,9H2,1H3. The zero-order valence-electron chi connectivity index (χ0n) is 6.91. The van der Waals surface area contributed by atoms with Crippen molar-refractivity contribution in [2.75, 3.05) is 0 Å². The first-order chi connectivity index (χ1) is 5.97. The molecule has 72 valence electrons. The van der Waals surface area contributed by atoms with Crippen LogP contribution in [0.25, 0.3) is 0 Å². The molecule has 3 N–H and O–H groups in total. The molecule has 1 aromatic carbocycles. The highest BCUT2D eigenvalue weighted by Gasteiger charge is 2.14. The molecule has 0 heterocycles. The fourth-order valence-corrected chi connectivity index (χ4v) is 2.71. The maximum atomic E-state index is 11.3. The summed E-state index contributed by atoms with van der Waals surface area (Å²) in [6.07, 6.45) is 0. The predicted octanol–water partition coefficient (Wildman–Crippen LogP) is 0.910. The summed E-state index contributed by atoms with van der Waals surface area (Å²) in [7, 11) is -3.56. The first-order valence-electron chi connectivity index (χ1n) is 3.46. The van der Waals surface area contributed by atoms with Crippen LogP contribution in [-0.2, 0) is 10.0 Å². The van der Waals surface area contributed by atoms with E-state index in [9.17, 15) is 8.42 Å². The molecule has 1 aromatic rings. The van der Waals surface area contributed by atoms with E-state index in [0.717, 1.165) is 5.56 Å². The van der Waals surface area contributed by atoms with Crippen molar-refractivity contribution in [3.05, 3.63) is 28.2 Å². The normalized spacial score (nSPS) is 11.6. The zero-order valence-corrected chi connectivity index (χ0v) is 9.31. The number of nitrogens with one attached hydrogen (secondary N) is 1. The Morgan fingerprint density at radius 2 is 2.08 bits per heavy atom. The van der Waals surface area contributed by atoms with Crippen molar-refractivity contribution >= 4 is 26.0 Å². The lowest BCUT2D eigenvalue weighted by Gasteiger charge is -2.04. The number of hydrogen-bond acceptors (Lipinski definition) is 3. The lowest BCUT2D eigenvalue weighted by molar-refractivity contribution is 0.583. The average Bonchev–Trinajstić information content (AvgIpc) is 2.03. The average molecular weight is 265 g/mol. The van der Waals surface area contributed by atoms with E-state index in [1.807, 2.05) is 6.92 Å². The molecule has 0 radical (unpaired) electrons. The number of rotatable bonds is 2. The van der Waals surface area contributed by atoms with E-state index in [-0.39, 0.29) is 4.90 Å². The van der Waals surface area contributed by atoms with E-state index >= 15 is 0 Å². The molecule has 0 saturated carbocycles. The van der Waals surface area contributed by atoms with Crippen molar-refractivity contribution < 1.29 is 8.42 Å². The van der Waals surface area contributed by atoms with Crippen LogP contribution < -0.4 is 10.7 Å². The van der Waals surface area contributed by atoms with Gasteiger partial charge in [-0.3, -0.25) is 5.84 Å². The van der Waals surface area contributed by atoms with Crippen molar-refractivity contribution in [2.45, 2.75) is 11.8 Å². The van der Waals surface area contributed by atoms with Gasteiger partial charge < -0.3 is 0 Å². The minimum absolute atomic E-state index is 0.139. The third kappa shape index (κ3) is 2.28. The van der Waals surface area contributed by atoms with Gasteiger partial charge in [-0.05, 0) is 40.5 Å². The van der Waals surface area contributed by atoms with Crippen LogP contribution in [0.15, 0.2) is 27.6 Å². The van der Waals surface area contributed by atoms with Gasteiger partial charge in [0.1, 0.15) is 0 Å². The van der Waals surface area contributed by atoms with Crippen molar-refractivity contribution in [2.24, 2.45) is 5.84 Å². The van der Waals surface area contributed by atoms with Gasteiger partial charge in [0.15, 0.2) is 0 Å². The molecule has 0 unspecified atom stereocenters. The second-order valence-electron chi connectivity index (χ2n) is 2.56. The molecule has 0 aliphatic heterocycles. The second-order valence-corrected chi connectivity index (χ2v) is 5.09. The van der Waals surface area contributed by atoms with Crippen LogP contribution in [-0.4, -0.2) is 8.42 Å². The number of aryl methyl sites for hydroxylation is 1. The maximum Gasteiger partial charge on any atom is 0.254 e. The van der Waals surface area contributed by atoms with Gasteiger partial charge in [0.25, 0.3) is 10.0 Å². The molecule has 0 spiro atoms. The number of halogens is 1. The molecule has 13 heavy (non-hydrogen) atoms. The Hall–Kier alpha value is -0.430. The highest BCUT2D eigenvalue weighted by molar-refractivity contribution is 9.10. The van der Waals surface area contributed by atoms with Gasteiger partial charge in [-0.1, -0.05) is 6.07 Å². The second kappa shape index (κ2) is 3.75. The highest BCUT2D eigenvalue weighted by atomic mass is 79.9. The summed E-state index contributed by atoms with van der Waals surface area (Å²) in [6.45, 7) is 1.87. The summed E-state index contributed by atoms with van der Waals surface area (Å²) in [4.78, 5) is 1.90. The molecule has 0 saturated heterocycles. The minimum atomic E-state index is -3.56. The first-order valence-corrected chi connectivity index (χ1v) is 5.73. The van der Waals surface area contributed by atoms with Gasteiger partial charge >= 0.3 is 0 Å². The Bertz CT molecular complexity index is 417. The molecule has 0 bridgehead atoms. The van der Waals surface area contributed by atoms with Gasteiger partial charge in [-0.2, -0.15) is 4.83 Å². The first kappa shape index (κ1) is 10.6. The molecule has 1 rings (SSSR count). The van der Waals surface area contributed by atoms with E-state index < -0.39 is 10.0 Å². The van der Waals surface area contributed by atoms with E-state index in [4.69, 9.17) is 5.84 Å². The van der Waals surface area contributed by atoms with Crippen LogP contribution in [0.3, 0.4) is 0 Å². The van der Waals surface area contributed by atoms with Crippen LogP contribution in [0.5, 0.6) is 0 Å². The van der Waals surface area contributed by atoms with Crippen molar-refractivity contribution in [1.29, 1.82) is 0 Å². The number of nitrogens with two attached hydrogens (primary N) is 1. The number of hydrazine groups is 1. The largest absolute Gasteiger partial charge is 0.257 e. The number of sulfonamides is 1. The van der Waals surface area contributed by atoms with Gasteiger partial charge in [0, 0.05) is 4.47 Å². The monoisotopic (exact) mass is 264 g/mol. The van der Waals surface area contributed by atoms with Gasteiger partial charge in [0.2, 0.25) is 0 Å². The van der Waals surface area contributed by atoms with Gasteiger partial charge in [0.05, 0.1) is 4.90 Å². The Morgan fingerprint density at radius 1 is 1.46 bits per heavy atom. The molecule has 0 aromatic heterocycles. The summed E-state index contributed by atoms with van der Waals surface area (Å²) in [5, 5.41) is 0. The van der Waals surface area contributed by atoms with Crippen molar-refractivity contribution in [1.82, 2.24) is 4.83 Å². The summed E-state index contributed by atoms with van der Waals surface area (Å²) in [5.74, 6) is 4.89. The van der Waals surface area contributed by atoms with E-state index in [1.165, 1.54) is 6.07 Å². The third-order valence-corrected chi connectivity index (χ3v) is 3.70. The molecule has 0 aliphatic rings.